The number of pyridine rings is 1. The number of hydrogen-bond acceptors (Lipinski definition) is 2. The van der Waals surface area contributed by atoms with E-state index >= 15 is 0 Å². The second-order valence-corrected chi connectivity index (χ2v) is 5.07. The minimum atomic E-state index is 0.566. The van der Waals surface area contributed by atoms with Crippen LogP contribution in [0.25, 0.3) is 0 Å². The maximum Gasteiger partial charge on any atom is 0.0315 e. The van der Waals surface area contributed by atoms with E-state index in [1.54, 1.807) is 0 Å². The van der Waals surface area contributed by atoms with Gasteiger partial charge in [0, 0.05) is 25.5 Å². The molecule has 2 heteroatoms. The first kappa shape index (κ1) is 10.6. The summed E-state index contributed by atoms with van der Waals surface area (Å²) in [5, 5.41) is 3.54. The van der Waals surface area contributed by atoms with Crippen LogP contribution < -0.4 is 5.32 Å². The average molecular weight is 204 g/mol. The molecular formula is C13H20N2. The molecule has 0 aromatic carbocycles. The lowest BCUT2D eigenvalue weighted by molar-refractivity contribution is 0.156. The average Bonchev–Trinajstić information content (AvgIpc) is 2.18. The van der Waals surface area contributed by atoms with E-state index in [1.807, 2.05) is 12.4 Å². The van der Waals surface area contributed by atoms with Crippen LogP contribution in [0.1, 0.15) is 37.3 Å². The van der Waals surface area contributed by atoms with E-state index in [2.05, 4.69) is 30.2 Å². The predicted molar refractivity (Wildman–Crippen MR) is 62.6 cm³/mol. The van der Waals surface area contributed by atoms with E-state index in [4.69, 9.17) is 0 Å². The highest BCUT2D eigenvalue weighted by Crippen LogP contribution is 2.39. The summed E-state index contributed by atoms with van der Waals surface area (Å²) < 4.78 is 0. The molecule has 1 heterocycles. The SMILES string of the molecule is Cc1ccncc1CNCC1(C)CCC1. The van der Waals surface area contributed by atoms with Gasteiger partial charge in [0.25, 0.3) is 0 Å². The van der Waals surface area contributed by atoms with Crippen LogP contribution in [-0.4, -0.2) is 11.5 Å². The molecule has 2 nitrogen and oxygen atoms in total. The van der Waals surface area contributed by atoms with Gasteiger partial charge in [-0.1, -0.05) is 13.3 Å². The van der Waals surface area contributed by atoms with Gasteiger partial charge in [-0.3, -0.25) is 4.98 Å². The fourth-order valence-corrected chi connectivity index (χ4v) is 2.14. The molecule has 0 radical (unpaired) electrons. The molecule has 0 spiro atoms. The third-order valence-electron chi connectivity index (χ3n) is 3.58. The molecule has 0 atom stereocenters. The number of aryl methyl sites for hydroxylation is 1. The van der Waals surface area contributed by atoms with Gasteiger partial charge in [-0.05, 0) is 42.4 Å². The van der Waals surface area contributed by atoms with Crippen LogP contribution in [0.4, 0.5) is 0 Å². The summed E-state index contributed by atoms with van der Waals surface area (Å²) in [6, 6.07) is 2.07. The molecule has 15 heavy (non-hydrogen) atoms. The zero-order valence-electron chi connectivity index (χ0n) is 9.71. The molecular weight excluding hydrogens is 184 g/mol. The van der Waals surface area contributed by atoms with Gasteiger partial charge in [0.2, 0.25) is 0 Å². The van der Waals surface area contributed by atoms with E-state index in [0.29, 0.717) is 5.41 Å². The van der Waals surface area contributed by atoms with Gasteiger partial charge in [-0.2, -0.15) is 0 Å². The number of rotatable bonds is 4. The lowest BCUT2D eigenvalue weighted by Crippen LogP contribution is -2.37. The zero-order valence-corrected chi connectivity index (χ0v) is 9.71. The molecule has 2 rings (SSSR count). The van der Waals surface area contributed by atoms with Crippen LogP contribution in [-0.2, 0) is 6.54 Å². The molecule has 1 aliphatic carbocycles. The summed E-state index contributed by atoms with van der Waals surface area (Å²) in [6.45, 7) is 6.61. The Labute approximate surface area is 92.1 Å². The molecule has 0 unspecified atom stereocenters. The van der Waals surface area contributed by atoms with Gasteiger partial charge in [0.15, 0.2) is 0 Å². The third kappa shape index (κ3) is 2.57. The molecule has 1 aromatic rings. The molecule has 1 saturated carbocycles. The van der Waals surface area contributed by atoms with Crippen LogP contribution >= 0.6 is 0 Å². The van der Waals surface area contributed by atoms with Crippen molar-refractivity contribution in [2.45, 2.75) is 39.7 Å². The van der Waals surface area contributed by atoms with Crippen molar-refractivity contribution in [3.05, 3.63) is 29.6 Å². The fourth-order valence-electron chi connectivity index (χ4n) is 2.14. The number of nitrogens with zero attached hydrogens (tertiary/aromatic N) is 1. The Morgan fingerprint density at radius 1 is 1.47 bits per heavy atom. The number of hydrogen-bond donors (Lipinski definition) is 1. The molecule has 1 aromatic heterocycles. The molecule has 1 N–H and O–H groups in total. The van der Waals surface area contributed by atoms with Crippen molar-refractivity contribution in [1.82, 2.24) is 10.3 Å². The Morgan fingerprint density at radius 3 is 2.87 bits per heavy atom. The van der Waals surface area contributed by atoms with E-state index in [-0.39, 0.29) is 0 Å². The lowest BCUT2D eigenvalue weighted by Gasteiger charge is -2.38. The highest BCUT2D eigenvalue weighted by Gasteiger charge is 2.30. The molecule has 0 bridgehead atoms. The Kier molecular flexibility index (Phi) is 3.06. The topological polar surface area (TPSA) is 24.9 Å². The number of nitrogens with one attached hydrogen (secondary N) is 1. The van der Waals surface area contributed by atoms with Crippen molar-refractivity contribution < 1.29 is 0 Å². The Balaban J connectivity index is 1.81. The molecule has 82 valence electrons. The fraction of sp³-hybridized carbons (Fsp3) is 0.615. The van der Waals surface area contributed by atoms with Crippen LogP contribution in [0.2, 0.25) is 0 Å². The standard InChI is InChI=1S/C13H20N2/c1-11-4-7-14-8-12(11)9-15-10-13(2)5-3-6-13/h4,7-8,15H,3,5-6,9-10H2,1-2H3. The first-order valence-electron chi connectivity index (χ1n) is 5.80. The normalized spacial score (nSPS) is 18.5. The third-order valence-corrected chi connectivity index (χ3v) is 3.58. The van der Waals surface area contributed by atoms with Gasteiger partial charge in [0.1, 0.15) is 0 Å². The second kappa shape index (κ2) is 4.31. The van der Waals surface area contributed by atoms with Crippen LogP contribution in [0.3, 0.4) is 0 Å². The Hall–Kier alpha value is -0.890. The maximum absolute atomic E-state index is 4.15. The molecule has 0 amide bonds. The Morgan fingerprint density at radius 2 is 2.27 bits per heavy atom. The van der Waals surface area contributed by atoms with E-state index in [0.717, 1.165) is 13.1 Å². The van der Waals surface area contributed by atoms with Gasteiger partial charge >= 0.3 is 0 Å². The van der Waals surface area contributed by atoms with Crippen molar-refractivity contribution in [2.75, 3.05) is 6.54 Å². The molecule has 1 fully saturated rings. The minimum absolute atomic E-state index is 0.566. The van der Waals surface area contributed by atoms with E-state index in [1.165, 1.54) is 30.4 Å². The lowest BCUT2D eigenvalue weighted by atomic mass is 9.70. The summed E-state index contributed by atoms with van der Waals surface area (Å²) in [5.41, 5.74) is 3.22. The molecule has 0 aliphatic heterocycles. The van der Waals surface area contributed by atoms with Crippen LogP contribution in [0.5, 0.6) is 0 Å². The summed E-state index contributed by atoms with van der Waals surface area (Å²) in [6.07, 6.45) is 7.99. The quantitative estimate of drug-likeness (QED) is 0.815. The zero-order chi connectivity index (χ0) is 10.7. The predicted octanol–water partition coefficient (Wildman–Crippen LogP) is 2.67. The molecule has 1 aliphatic rings. The van der Waals surface area contributed by atoms with Crippen molar-refractivity contribution in [1.29, 1.82) is 0 Å². The Bertz CT molecular complexity index is 329. The van der Waals surface area contributed by atoms with Crippen molar-refractivity contribution >= 4 is 0 Å². The largest absolute Gasteiger partial charge is 0.312 e. The summed E-state index contributed by atoms with van der Waals surface area (Å²) in [5.74, 6) is 0. The first-order chi connectivity index (χ1) is 7.20. The van der Waals surface area contributed by atoms with Gasteiger partial charge in [-0.25, -0.2) is 0 Å². The van der Waals surface area contributed by atoms with Gasteiger partial charge in [0.05, 0.1) is 0 Å². The van der Waals surface area contributed by atoms with Crippen molar-refractivity contribution in [3.63, 3.8) is 0 Å². The monoisotopic (exact) mass is 204 g/mol. The smallest absolute Gasteiger partial charge is 0.0315 e. The van der Waals surface area contributed by atoms with Crippen molar-refractivity contribution in [2.24, 2.45) is 5.41 Å². The van der Waals surface area contributed by atoms with E-state index < -0.39 is 0 Å². The first-order valence-corrected chi connectivity index (χ1v) is 5.80. The van der Waals surface area contributed by atoms with E-state index in [9.17, 15) is 0 Å². The summed E-state index contributed by atoms with van der Waals surface area (Å²) in [7, 11) is 0. The van der Waals surface area contributed by atoms with Crippen LogP contribution in [0.15, 0.2) is 18.5 Å². The second-order valence-electron chi connectivity index (χ2n) is 5.07. The van der Waals surface area contributed by atoms with Crippen molar-refractivity contribution in [3.8, 4) is 0 Å². The summed E-state index contributed by atoms with van der Waals surface area (Å²) >= 11 is 0. The minimum Gasteiger partial charge on any atom is -0.312 e. The highest BCUT2D eigenvalue weighted by atomic mass is 14.9. The van der Waals surface area contributed by atoms with Gasteiger partial charge < -0.3 is 5.32 Å². The van der Waals surface area contributed by atoms with Crippen LogP contribution in [0, 0.1) is 12.3 Å². The van der Waals surface area contributed by atoms with Gasteiger partial charge in [-0.15, -0.1) is 0 Å². The molecule has 0 saturated heterocycles. The maximum atomic E-state index is 4.15. The highest BCUT2D eigenvalue weighted by molar-refractivity contribution is 5.21. The number of aromatic nitrogens is 1. The summed E-state index contributed by atoms with van der Waals surface area (Å²) in [4.78, 5) is 4.15.